The van der Waals surface area contributed by atoms with E-state index in [1.165, 1.54) is 0 Å². The van der Waals surface area contributed by atoms with Crippen molar-refractivity contribution in [1.82, 2.24) is 25.1 Å². The van der Waals surface area contributed by atoms with Crippen molar-refractivity contribution in [3.05, 3.63) is 46.9 Å². The summed E-state index contributed by atoms with van der Waals surface area (Å²) in [6.45, 7) is 8.65. The molecule has 9 nitrogen and oxygen atoms in total. The summed E-state index contributed by atoms with van der Waals surface area (Å²) in [4.78, 5) is 37.6. The normalized spacial score (nSPS) is 19.4. The minimum Gasteiger partial charge on any atom is -0.444 e. The predicted octanol–water partition coefficient (Wildman–Crippen LogP) is 3.15. The first-order chi connectivity index (χ1) is 16.1. The Morgan fingerprint density at radius 3 is 2.62 bits per heavy atom. The molecule has 0 radical (unpaired) electrons. The van der Waals surface area contributed by atoms with Gasteiger partial charge in [0.25, 0.3) is 5.91 Å². The molecule has 0 aromatic carbocycles. The van der Waals surface area contributed by atoms with Crippen LogP contribution in [0.5, 0.6) is 0 Å². The van der Waals surface area contributed by atoms with E-state index in [0.717, 1.165) is 11.1 Å². The molecular formula is C24H30ClN5O4. The van der Waals surface area contributed by atoms with Gasteiger partial charge >= 0.3 is 6.09 Å². The lowest BCUT2D eigenvalue weighted by Gasteiger charge is -2.47. The second-order valence-corrected chi connectivity index (χ2v) is 9.88. The zero-order valence-corrected chi connectivity index (χ0v) is 20.6. The van der Waals surface area contributed by atoms with Crippen LogP contribution in [-0.4, -0.2) is 83.3 Å². The van der Waals surface area contributed by atoms with E-state index in [4.69, 9.17) is 21.1 Å². The summed E-state index contributed by atoms with van der Waals surface area (Å²) in [6.07, 6.45) is 1.25. The monoisotopic (exact) mass is 487 g/mol. The van der Waals surface area contributed by atoms with Gasteiger partial charge < -0.3 is 19.7 Å². The smallest absolute Gasteiger partial charge is 0.410 e. The van der Waals surface area contributed by atoms with E-state index in [2.05, 4.69) is 20.2 Å². The van der Waals surface area contributed by atoms with Crippen molar-refractivity contribution in [1.29, 1.82) is 0 Å². The van der Waals surface area contributed by atoms with Crippen molar-refractivity contribution in [2.24, 2.45) is 0 Å². The van der Waals surface area contributed by atoms with Gasteiger partial charge in [-0.15, -0.1) is 0 Å². The number of amides is 2. The maximum Gasteiger partial charge on any atom is 0.410 e. The number of nitrogens with one attached hydrogen (secondary N) is 1. The molecule has 1 atom stereocenters. The van der Waals surface area contributed by atoms with Crippen LogP contribution in [-0.2, 0) is 9.47 Å². The molecule has 2 fully saturated rings. The van der Waals surface area contributed by atoms with Crippen LogP contribution in [0.2, 0.25) is 5.15 Å². The molecule has 2 aromatic rings. The second kappa shape index (κ2) is 9.85. The molecule has 0 aliphatic carbocycles. The number of rotatable bonds is 4. The van der Waals surface area contributed by atoms with Crippen LogP contribution in [0.25, 0.3) is 11.3 Å². The Labute approximate surface area is 204 Å². The third kappa shape index (κ3) is 5.48. The van der Waals surface area contributed by atoms with Gasteiger partial charge in [-0.05, 0) is 50.6 Å². The summed E-state index contributed by atoms with van der Waals surface area (Å²) >= 11 is 6.46. The van der Waals surface area contributed by atoms with Gasteiger partial charge in [0, 0.05) is 38.4 Å². The Hall–Kier alpha value is -2.75. The van der Waals surface area contributed by atoms with Crippen LogP contribution in [0.4, 0.5) is 4.79 Å². The maximum absolute atomic E-state index is 12.8. The minimum atomic E-state index is -0.567. The summed E-state index contributed by atoms with van der Waals surface area (Å²) in [5, 5.41) is 2.92. The van der Waals surface area contributed by atoms with Crippen LogP contribution in [0, 0.1) is 0 Å². The maximum atomic E-state index is 12.8. The van der Waals surface area contributed by atoms with Gasteiger partial charge in [-0.2, -0.15) is 0 Å². The molecule has 4 rings (SSSR count). The molecule has 2 amide bonds. The van der Waals surface area contributed by atoms with Crippen molar-refractivity contribution in [2.45, 2.75) is 38.5 Å². The first kappa shape index (κ1) is 24.4. The Kier molecular flexibility index (Phi) is 7.06. The van der Waals surface area contributed by atoms with Crippen molar-refractivity contribution < 1.29 is 19.1 Å². The summed E-state index contributed by atoms with van der Waals surface area (Å²) < 4.78 is 11.1. The Morgan fingerprint density at radius 2 is 1.97 bits per heavy atom. The van der Waals surface area contributed by atoms with Crippen molar-refractivity contribution in [3.63, 3.8) is 0 Å². The molecule has 1 N–H and O–H groups in total. The Balaban J connectivity index is 1.66. The third-order valence-electron chi connectivity index (χ3n) is 5.88. The van der Waals surface area contributed by atoms with Crippen LogP contribution in [0.15, 0.2) is 30.5 Å². The fourth-order valence-corrected chi connectivity index (χ4v) is 4.35. The Bertz CT molecular complexity index is 1070. The fourth-order valence-electron chi connectivity index (χ4n) is 4.14. The lowest BCUT2D eigenvalue weighted by molar-refractivity contribution is -0.0974. The number of halogens is 1. The van der Waals surface area contributed by atoms with E-state index in [-0.39, 0.29) is 24.1 Å². The molecule has 4 heterocycles. The number of ether oxygens (including phenoxy) is 2. The summed E-state index contributed by atoms with van der Waals surface area (Å²) in [7, 11) is 1.56. The molecule has 34 heavy (non-hydrogen) atoms. The van der Waals surface area contributed by atoms with Crippen molar-refractivity contribution in [3.8, 4) is 11.3 Å². The van der Waals surface area contributed by atoms with E-state index in [0.29, 0.717) is 49.4 Å². The van der Waals surface area contributed by atoms with Crippen LogP contribution in [0.1, 0.15) is 42.9 Å². The van der Waals surface area contributed by atoms with Crippen LogP contribution >= 0.6 is 11.6 Å². The van der Waals surface area contributed by atoms with Crippen molar-refractivity contribution in [2.75, 3.05) is 39.9 Å². The first-order valence-corrected chi connectivity index (χ1v) is 11.7. The van der Waals surface area contributed by atoms with E-state index in [1.54, 1.807) is 30.3 Å². The van der Waals surface area contributed by atoms with Crippen LogP contribution < -0.4 is 5.32 Å². The molecular weight excluding hydrogens is 458 g/mol. The lowest BCUT2D eigenvalue weighted by Crippen LogP contribution is -2.59. The Morgan fingerprint density at radius 1 is 1.21 bits per heavy atom. The molecule has 0 bridgehead atoms. The zero-order chi connectivity index (χ0) is 24.5. The van der Waals surface area contributed by atoms with Crippen LogP contribution in [0.3, 0.4) is 0 Å². The van der Waals surface area contributed by atoms with Gasteiger partial charge in [0.2, 0.25) is 0 Å². The van der Waals surface area contributed by atoms with Gasteiger partial charge in [-0.3, -0.25) is 14.7 Å². The highest BCUT2D eigenvalue weighted by molar-refractivity contribution is 6.29. The van der Waals surface area contributed by atoms with Gasteiger partial charge in [0.05, 0.1) is 31.0 Å². The van der Waals surface area contributed by atoms with E-state index in [9.17, 15) is 9.59 Å². The first-order valence-electron chi connectivity index (χ1n) is 11.3. The topological polar surface area (TPSA) is 96.9 Å². The highest BCUT2D eigenvalue weighted by Crippen LogP contribution is 2.33. The minimum absolute atomic E-state index is 0.102. The van der Waals surface area contributed by atoms with Gasteiger partial charge in [0.15, 0.2) is 0 Å². The van der Waals surface area contributed by atoms with Gasteiger partial charge in [-0.1, -0.05) is 11.6 Å². The van der Waals surface area contributed by atoms with E-state index in [1.807, 2.05) is 32.9 Å². The quantitative estimate of drug-likeness (QED) is 0.661. The van der Waals surface area contributed by atoms with Crippen molar-refractivity contribution >= 4 is 23.6 Å². The summed E-state index contributed by atoms with van der Waals surface area (Å²) in [6, 6.07) is 7.45. The predicted molar refractivity (Wildman–Crippen MR) is 128 cm³/mol. The number of hydrogen-bond donors (Lipinski definition) is 1. The van der Waals surface area contributed by atoms with Gasteiger partial charge in [-0.25, -0.2) is 9.78 Å². The fraction of sp³-hybridized carbons (Fsp3) is 0.500. The standard InChI is InChI=1S/C24H30ClN5O4/c1-24(2,3)34-23(32)29-7-8-30(17-13-33-14-17)20(12-29)16-10-18(28-21(25)11-16)15-5-6-27-19(9-15)22(31)26-4/h5-6,9-11,17,20H,7-8,12-14H2,1-4H3,(H,26,31)/t20-/m1/s1. The number of carbonyl (C=O) groups is 2. The largest absolute Gasteiger partial charge is 0.444 e. The SMILES string of the molecule is CNC(=O)c1cc(-c2cc([C@H]3CN(C(=O)OC(C)(C)C)CCN3C3COC3)cc(Cl)n2)ccn1. The third-order valence-corrected chi connectivity index (χ3v) is 6.07. The molecule has 2 aliphatic heterocycles. The van der Waals surface area contributed by atoms with Gasteiger partial charge in [0.1, 0.15) is 16.4 Å². The lowest BCUT2D eigenvalue weighted by atomic mass is 9.98. The average molecular weight is 488 g/mol. The molecule has 2 saturated heterocycles. The van der Waals surface area contributed by atoms with E-state index < -0.39 is 5.60 Å². The number of piperazine rings is 1. The molecule has 2 aliphatic rings. The molecule has 0 spiro atoms. The second-order valence-electron chi connectivity index (χ2n) is 9.49. The molecule has 0 unspecified atom stereocenters. The molecule has 10 heteroatoms. The number of nitrogens with zero attached hydrogens (tertiary/aromatic N) is 4. The average Bonchev–Trinajstić information content (AvgIpc) is 2.76. The number of hydrogen-bond acceptors (Lipinski definition) is 7. The number of carbonyl (C=O) groups excluding carboxylic acids is 2. The molecule has 182 valence electrons. The summed E-state index contributed by atoms with van der Waals surface area (Å²) in [5.41, 5.74) is 2.03. The zero-order valence-electron chi connectivity index (χ0n) is 19.9. The highest BCUT2D eigenvalue weighted by atomic mass is 35.5. The number of aromatic nitrogens is 2. The highest BCUT2D eigenvalue weighted by Gasteiger charge is 2.39. The summed E-state index contributed by atoms with van der Waals surface area (Å²) in [5.74, 6) is -0.277. The van der Waals surface area contributed by atoms with E-state index >= 15 is 0 Å². The molecule has 2 aromatic heterocycles. The number of pyridine rings is 2. The molecule has 0 saturated carbocycles.